The molecule has 3 aromatic carbocycles. The molecule has 0 unspecified atom stereocenters. The van der Waals surface area contributed by atoms with Gasteiger partial charge in [-0.3, -0.25) is 13.9 Å². The Morgan fingerprint density at radius 2 is 1.43 bits per heavy atom. The molecule has 0 bridgehead atoms. The Morgan fingerprint density at radius 1 is 0.850 bits per heavy atom. The summed E-state index contributed by atoms with van der Waals surface area (Å²) in [5.74, 6) is -0.420. The van der Waals surface area contributed by atoms with E-state index in [4.69, 9.17) is 0 Å². The van der Waals surface area contributed by atoms with Crippen molar-refractivity contribution in [1.29, 1.82) is 0 Å². The van der Waals surface area contributed by atoms with Crippen molar-refractivity contribution in [3.8, 4) is 0 Å². The molecule has 1 atom stereocenters. The van der Waals surface area contributed by atoms with Crippen molar-refractivity contribution in [2.45, 2.75) is 58.5 Å². The summed E-state index contributed by atoms with van der Waals surface area (Å²) in [7, 11) is -3.79. The van der Waals surface area contributed by atoms with Crippen LogP contribution in [0.5, 0.6) is 0 Å². The average Bonchev–Trinajstić information content (AvgIpc) is 2.94. The van der Waals surface area contributed by atoms with Crippen molar-refractivity contribution in [2.24, 2.45) is 0 Å². The highest BCUT2D eigenvalue weighted by Gasteiger charge is 2.33. The fourth-order valence-electron chi connectivity index (χ4n) is 4.48. The van der Waals surface area contributed by atoms with Crippen LogP contribution in [0.1, 0.15) is 56.2 Å². The van der Waals surface area contributed by atoms with Crippen LogP contribution in [0.25, 0.3) is 0 Å². The number of amides is 2. The molecule has 0 radical (unpaired) electrons. The maximum absolute atomic E-state index is 14.1. The van der Waals surface area contributed by atoms with Gasteiger partial charge in [-0.05, 0) is 41.2 Å². The predicted octanol–water partition coefficient (Wildman–Crippen LogP) is 5.13. The molecule has 0 saturated carbocycles. The summed E-state index contributed by atoms with van der Waals surface area (Å²) in [4.78, 5) is 29.2. The van der Waals surface area contributed by atoms with Crippen molar-refractivity contribution >= 4 is 27.5 Å². The van der Waals surface area contributed by atoms with Gasteiger partial charge in [-0.15, -0.1) is 0 Å². The number of carbonyl (C=O) groups is 2. The lowest BCUT2D eigenvalue weighted by Crippen LogP contribution is -2.53. The highest BCUT2D eigenvalue weighted by atomic mass is 32.2. The minimum Gasteiger partial charge on any atom is -0.354 e. The number of sulfonamides is 1. The molecular formula is C32H41N3O4S. The Bertz CT molecular complexity index is 1330. The molecule has 0 spiro atoms. The summed E-state index contributed by atoms with van der Waals surface area (Å²) in [6.07, 6.45) is 3.15. The second-order valence-electron chi connectivity index (χ2n) is 10.4. The Morgan fingerprint density at radius 3 is 1.95 bits per heavy atom. The van der Waals surface area contributed by atoms with E-state index in [-0.39, 0.29) is 18.4 Å². The first-order chi connectivity index (χ1) is 19.1. The van der Waals surface area contributed by atoms with Gasteiger partial charge in [0.05, 0.1) is 11.9 Å². The van der Waals surface area contributed by atoms with Gasteiger partial charge >= 0.3 is 0 Å². The van der Waals surface area contributed by atoms with Crippen molar-refractivity contribution in [2.75, 3.05) is 23.7 Å². The summed E-state index contributed by atoms with van der Waals surface area (Å²) in [5.41, 5.74) is 3.24. The van der Waals surface area contributed by atoms with Gasteiger partial charge in [0.15, 0.2) is 0 Å². The molecule has 0 aliphatic rings. The molecule has 7 nitrogen and oxygen atoms in total. The molecule has 3 rings (SSSR count). The van der Waals surface area contributed by atoms with E-state index in [1.165, 1.54) is 4.90 Å². The largest absolute Gasteiger partial charge is 0.354 e. The minimum atomic E-state index is -3.79. The van der Waals surface area contributed by atoms with Crippen LogP contribution < -0.4 is 9.62 Å². The summed E-state index contributed by atoms with van der Waals surface area (Å²) in [6.45, 7) is 6.43. The first-order valence-electron chi connectivity index (χ1n) is 13.8. The van der Waals surface area contributed by atoms with Gasteiger partial charge in [-0.2, -0.15) is 0 Å². The van der Waals surface area contributed by atoms with Gasteiger partial charge in [0.25, 0.3) is 0 Å². The van der Waals surface area contributed by atoms with Crippen LogP contribution in [-0.2, 0) is 32.6 Å². The topological polar surface area (TPSA) is 86.8 Å². The first kappa shape index (κ1) is 30.9. The summed E-state index contributed by atoms with van der Waals surface area (Å²) in [5, 5.41) is 2.99. The maximum Gasteiger partial charge on any atom is 0.244 e. The van der Waals surface area contributed by atoms with Crippen molar-refractivity contribution < 1.29 is 18.0 Å². The minimum absolute atomic E-state index is 0.169. The molecule has 40 heavy (non-hydrogen) atoms. The van der Waals surface area contributed by atoms with Gasteiger partial charge in [-0.1, -0.05) is 100.0 Å². The molecule has 0 fully saturated rings. The number of unbranched alkanes of at least 4 members (excludes halogenated alkanes) is 1. The lowest BCUT2D eigenvalue weighted by Gasteiger charge is -2.33. The summed E-state index contributed by atoms with van der Waals surface area (Å²) < 4.78 is 26.9. The van der Waals surface area contributed by atoms with E-state index >= 15 is 0 Å². The highest BCUT2D eigenvalue weighted by molar-refractivity contribution is 7.92. The number of benzene rings is 3. The van der Waals surface area contributed by atoms with E-state index in [0.717, 1.165) is 40.1 Å². The maximum atomic E-state index is 14.1. The van der Waals surface area contributed by atoms with E-state index in [1.807, 2.05) is 79.7 Å². The third kappa shape index (κ3) is 8.95. The van der Waals surface area contributed by atoms with Crippen LogP contribution >= 0.6 is 0 Å². The molecule has 1 N–H and O–H groups in total. The van der Waals surface area contributed by atoms with Gasteiger partial charge in [0.1, 0.15) is 12.6 Å². The van der Waals surface area contributed by atoms with Gasteiger partial charge in [0, 0.05) is 19.5 Å². The van der Waals surface area contributed by atoms with Crippen LogP contribution in [0.15, 0.2) is 84.9 Å². The van der Waals surface area contributed by atoms with Crippen molar-refractivity contribution in [1.82, 2.24) is 10.2 Å². The molecule has 214 valence electrons. The number of hydrogen-bond donors (Lipinski definition) is 1. The van der Waals surface area contributed by atoms with Crippen LogP contribution in [-0.4, -0.2) is 50.5 Å². The number of carbonyl (C=O) groups excluding carboxylic acids is 2. The number of hydrogen-bond acceptors (Lipinski definition) is 4. The smallest absolute Gasteiger partial charge is 0.244 e. The average molecular weight is 564 g/mol. The molecular weight excluding hydrogens is 522 g/mol. The first-order valence-corrected chi connectivity index (χ1v) is 15.7. The number of rotatable bonds is 14. The molecule has 8 heteroatoms. The van der Waals surface area contributed by atoms with Crippen LogP contribution in [0, 0.1) is 0 Å². The molecule has 0 aliphatic heterocycles. The van der Waals surface area contributed by atoms with Gasteiger partial charge < -0.3 is 10.2 Å². The molecule has 0 aromatic heterocycles. The quantitative estimate of drug-likeness (QED) is 0.276. The van der Waals surface area contributed by atoms with E-state index < -0.39 is 28.5 Å². The second kappa shape index (κ2) is 14.7. The van der Waals surface area contributed by atoms with Crippen LogP contribution in [0.4, 0.5) is 5.69 Å². The lowest BCUT2D eigenvalue weighted by atomic mass is 10.0. The van der Waals surface area contributed by atoms with Crippen molar-refractivity contribution in [3.05, 3.63) is 102 Å². The Labute approximate surface area is 239 Å². The zero-order valence-corrected chi connectivity index (χ0v) is 24.7. The third-order valence-corrected chi connectivity index (χ3v) is 7.96. The summed E-state index contributed by atoms with van der Waals surface area (Å²) >= 11 is 0. The van der Waals surface area contributed by atoms with E-state index in [0.29, 0.717) is 18.7 Å². The highest BCUT2D eigenvalue weighted by Crippen LogP contribution is 2.23. The zero-order chi connectivity index (χ0) is 29.1. The van der Waals surface area contributed by atoms with E-state index in [2.05, 4.69) is 19.2 Å². The fraction of sp³-hybridized carbons (Fsp3) is 0.375. The molecule has 0 saturated heterocycles. The second-order valence-corrected chi connectivity index (χ2v) is 12.3. The van der Waals surface area contributed by atoms with E-state index in [9.17, 15) is 18.0 Å². The monoisotopic (exact) mass is 563 g/mol. The summed E-state index contributed by atoms with van der Waals surface area (Å²) in [6, 6.07) is 25.4. The van der Waals surface area contributed by atoms with Gasteiger partial charge in [-0.25, -0.2) is 8.42 Å². The number of nitrogens with zero attached hydrogens (tertiary/aromatic N) is 2. The predicted molar refractivity (Wildman–Crippen MR) is 162 cm³/mol. The van der Waals surface area contributed by atoms with Crippen LogP contribution in [0.2, 0.25) is 0 Å². The Kier molecular flexibility index (Phi) is 11.3. The van der Waals surface area contributed by atoms with E-state index in [1.54, 1.807) is 12.1 Å². The van der Waals surface area contributed by atoms with Crippen molar-refractivity contribution in [3.63, 3.8) is 0 Å². The third-order valence-electron chi connectivity index (χ3n) is 6.82. The lowest BCUT2D eigenvalue weighted by molar-refractivity contribution is -0.140. The SMILES string of the molecule is CCCCNC(=O)[C@H](Cc1ccccc1)N(Cc1ccccc1)C(=O)CN(c1ccc(C(C)C)cc1)S(C)(=O)=O. The fourth-order valence-corrected chi connectivity index (χ4v) is 5.33. The number of anilines is 1. The number of nitrogens with one attached hydrogen (secondary N) is 1. The molecule has 0 heterocycles. The van der Waals surface area contributed by atoms with Gasteiger partial charge in [0.2, 0.25) is 21.8 Å². The zero-order valence-electron chi connectivity index (χ0n) is 23.9. The van der Waals surface area contributed by atoms with Crippen LogP contribution in [0.3, 0.4) is 0 Å². The molecule has 2 amide bonds. The molecule has 3 aromatic rings. The standard InChI is InChI=1S/C32H41N3O4S/c1-5-6-21-33-32(37)30(22-26-13-9-7-10-14-26)34(23-27-15-11-8-12-16-27)31(36)24-35(40(4,38)39)29-19-17-28(18-20-29)25(2)3/h7-20,25,30H,5-6,21-24H2,1-4H3,(H,33,37)/t30-/m0/s1. The molecule has 0 aliphatic carbocycles. The normalized spacial score (nSPS) is 12.1. The Balaban J connectivity index is 2.00. The Hall–Kier alpha value is -3.65.